The van der Waals surface area contributed by atoms with Crippen molar-refractivity contribution in [1.82, 2.24) is 5.32 Å². The molecule has 0 radical (unpaired) electrons. The van der Waals surface area contributed by atoms with Crippen LogP contribution in [0.5, 0.6) is 0 Å². The van der Waals surface area contributed by atoms with E-state index in [0.717, 1.165) is 19.3 Å². The highest BCUT2D eigenvalue weighted by molar-refractivity contribution is 7.98. The Morgan fingerprint density at radius 3 is 1.43 bits per heavy atom. The Bertz CT molecular complexity index is 396. The number of ether oxygens (including phenoxy) is 3. The molecule has 0 heterocycles. The summed E-state index contributed by atoms with van der Waals surface area (Å²) in [5.74, 6) is -0.128. The highest BCUT2D eigenvalue weighted by Gasteiger charge is 2.40. The number of alkyl halides is 3. The molecule has 11 heteroatoms. The summed E-state index contributed by atoms with van der Waals surface area (Å²) in [6.07, 6.45) is 5.13. The topological polar surface area (TPSA) is 56.8 Å². The van der Waals surface area contributed by atoms with Crippen molar-refractivity contribution in [3.63, 3.8) is 0 Å². The predicted octanol–water partition coefficient (Wildman–Crippen LogP) is 5.00. The fourth-order valence-electron chi connectivity index (χ4n) is 3.08. The minimum Gasteiger partial charge on any atom is -0.371 e. The van der Waals surface area contributed by atoms with Crippen LogP contribution in [0.2, 0.25) is 0 Å². The number of nitrogens with one attached hydrogen (secondary N) is 1. The van der Waals surface area contributed by atoms with Crippen molar-refractivity contribution >= 4 is 41.2 Å². The van der Waals surface area contributed by atoms with E-state index in [1.807, 2.05) is 18.8 Å². The smallest absolute Gasteiger partial charge is 0.371 e. The number of rotatable bonds is 20. The van der Waals surface area contributed by atoms with Crippen molar-refractivity contribution in [1.29, 1.82) is 0 Å². The molecule has 0 aromatic rings. The third kappa shape index (κ3) is 15.9. The Balaban J connectivity index is 5.01. The van der Waals surface area contributed by atoms with Crippen LogP contribution < -0.4 is 5.32 Å². The van der Waals surface area contributed by atoms with Gasteiger partial charge in [-0.2, -0.15) is 13.2 Å². The van der Waals surface area contributed by atoms with E-state index < -0.39 is 17.5 Å². The second kappa shape index (κ2) is 18.7. The predicted molar refractivity (Wildman–Crippen MR) is 122 cm³/mol. The van der Waals surface area contributed by atoms with Gasteiger partial charge in [0.1, 0.15) is 0 Å². The first-order valence-corrected chi connectivity index (χ1v) is 14.0. The summed E-state index contributed by atoms with van der Waals surface area (Å²) in [5.41, 5.74) is -0.449. The standard InChI is InChI=1S/C19H36F3NO4S3/c1-28-14-25-10-4-7-18(8-5-11-26-15-29-2,9-6-12-27-16-30-3)13-23-17(24)19(20,21)22/h4-16H2,1-3H3,(H,23,24). The second-order valence-electron chi connectivity index (χ2n) is 6.94. The van der Waals surface area contributed by atoms with Gasteiger partial charge in [0, 0.05) is 26.4 Å². The lowest BCUT2D eigenvalue weighted by atomic mass is 9.75. The van der Waals surface area contributed by atoms with Crippen LogP contribution in [-0.4, -0.2) is 75.0 Å². The molecule has 0 saturated heterocycles. The highest BCUT2D eigenvalue weighted by Crippen LogP contribution is 2.35. The molecular weight excluding hydrogens is 459 g/mol. The summed E-state index contributed by atoms with van der Waals surface area (Å²) in [4.78, 5) is 11.4. The summed E-state index contributed by atoms with van der Waals surface area (Å²) in [6, 6.07) is 0. The summed E-state index contributed by atoms with van der Waals surface area (Å²) < 4.78 is 54.7. The number of carbonyl (C=O) groups excluding carboxylic acids is 1. The summed E-state index contributed by atoms with van der Waals surface area (Å²) in [7, 11) is 0. The van der Waals surface area contributed by atoms with Crippen LogP contribution in [-0.2, 0) is 19.0 Å². The Labute approximate surface area is 191 Å². The zero-order valence-electron chi connectivity index (χ0n) is 18.2. The zero-order valence-corrected chi connectivity index (χ0v) is 20.6. The molecule has 0 aliphatic heterocycles. The molecule has 5 nitrogen and oxygen atoms in total. The number of carbonyl (C=O) groups is 1. The molecule has 0 atom stereocenters. The number of amides is 1. The molecule has 30 heavy (non-hydrogen) atoms. The molecule has 0 fully saturated rings. The molecule has 0 saturated carbocycles. The van der Waals surface area contributed by atoms with Gasteiger partial charge in [-0.1, -0.05) is 0 Å². The number of hydrogen-bond acceptors (Lipinski definition) is 7. The molecule has 0 aliphatic carbocycles. The monoisotopic (exact) mass is 495 g/mol. The van der Waals surface area contributed by atoms with Gasteiger partial charge in [-0.25, -0.2) is 0 Å². The highest BCUT2D eigenvalue weighted by atomic mass is 32.2. The first-order valence-electron chi connectivity index (χ1n) is 9.86. The van der Waals surface area contributed by atoms with E-state index in [4.69, 9.17) is 14.2 Å². The van der Waals surface area contributed by atoms with Gasteiger partial charge >= 0.3 is 12.1 Å². The van der Waals surface area contributed by atoms with Gasteiger partial charge in [0.25, 0.3) is 0 Å². The van der Waals surface area contributed by atoms with E-state index in [1.54, 1.807) is 35.3 Å². The second-order valence-corrected chi connectivity index (χ2v) is 9.37. The van der Waals surface area contributed by atoms with E-state index in [1.165, 1.54) is 0 Å². The molecule has 1 amide bonds. The van der Waals surface area contributed by atoms with Crippen molar-refractivity contribution < 1.29 is 32.2 Å². The first-order chi connectivity index (χ1) is 14.3. The third-order valence-corrected chi connectivity index (χ3v) is 5.68. The van der Waals surface area contributed by atoms with Gasteiger partial charge in [-0.3, -0.25) is 4.79 Å². The van der Waals surface area contributed by atoms with Crippen LogP contribution >= 0.6 is 35.3 Å². The van der Waals surface area contributed by atoms with E-state index >= 15 is 0 Å². The quantitative estimate of drug-likeness (QED) is 0.188. The molecule has 0 bridgehead atoms. The summed E-state index contributed by atoms with van der Waals surface area (Å²) in [5, 5.41) is 2.12. The Morgan fingerprint density at radius 1 is 0.767 bits per heavy atom. The van der Waals surface area contributed by atoms with Crippen LogP contribution in [0.15, 0.2) is 0 Å². The van der Waals surface area contributed by atoms with Crippen molar-refractivity contribution in [2.45, 2.75) is 44.7 Å². The van der Waals surface area contributed by atoms with E-state index in [-0.39, 0.29) is 6.54 Å². The van der Waals surface area contributed by atoms with Crippen molar-refractivity contribution in [2.24, 2.45) is 5.41 Å². The van der Waals surface area contributed by atoms with Crippen LogP contribution in [0.3, 0.4) is 0 Å². The van der Waals surface area contributed by atoms with Gasteiger partial charge in [0.15, 0.2) is 0 Å². The lowest BCUT2D eigenvalue weighted by molar-refractivity contribution is -0.174. The minimum absolute atomic E-state index is 0.0150. The SMILES string of the molecule is CSCOCCCC(CCCOCSC)(CCCOCSC)CNC(=O)C(F)(F)F. The molecule has 0 aromatic heterocycles. The van der Waals surface area contributed by atoms with Crippen LogP contribution in [0, 0.1) is 5.41 Å². The van der Waals surface area contributed by atoms with Crippen LogP contribution in [0.4, 0.5) is 13.2 Å². The first kappa shape index (κ1) is 30.2. The average Bonchev–Trinajstić information content (AvgIpc) is 2.70. The maximum Gasteiger partial charge on any atom is 0.471 e. The fourth-order valence-corrected chi connectivity index (χ4v) is 3.94. The molecule has 1 N–H and O–H groups in total. The number of hydrogen-bond donors (Lipinski definition) is 1. The van der Waals surface area contributed by atoms with Gasteiger partial charge in [-0.05, 0) is 62.7 Å². The number of thioether (sulfide) groups is 3. The maximum atomic E-state index is 12.7. The number of halogens is 3. The van der Waals surface area contributed by atoms with Crippen molar-refractivity contribution in [3.05, 3.63) is 0 Å². The molecule has 0 rings (SSSR count). The fraction of sp³-hybridized carbons (Fsp3) is 0.947. The van der Waals surface area contributed by atoms with Gasteiger partial charge in [-0.15, -0.1) is 35.3 Å². The normalized spacial score (nSPS) is 12.3. The van der Waals surface area contributed by atoms with Gasteiger partial charge < -0.3 is 19.5 Å². The molecule has 0 aromatic carbocycles. The average molecular weight is 496 g/mol. The largest absolute Gasteiger partial charge is 0.471 e. The molecule has 180 valence electrons. The molecule has 0 spiro atoms. The minimum atomic E-state index is -4.88. The Kier molecular flexibility index (Phi) is 18.9. The lowest BCUT2D eigenvalue weighted by Crippen LogP contribution is -2.44. The molecule has 0 aliphatic rings. The van der Waals surface area contributed by atoms with Crippen LogP contribution in [0.25, 0.3) is 0 Å². The molecule has 0 unspecified atom stereocenters. The Hall–Kier alpha value is 0.190. The van der Waals surface area contributed by atoms with Crippen LogP contribution in [0.1, 0.15) is 38.5 Å². The van der Waals surface area contributed by atoms with Crippen molar-refractivity contribution in [3.8, 4) is 0 Å². The third-order valence-electron chi connectivity index (χ3n) is 4.47. The van der Waals surface area contributed by atoms with E-state index in [9.17, 15) is 18.0 Å². The summed E-state index contributed by atoms with van der Waals surface area (Å²) >= 11 is 4.73. The Morgan fingerprint density at radius 2 is 1.13 bits per heavy atom. The lowest BCUT2D eigenvalue weighted by Gasteiger charge is -2.35. The maximum absolute atomic E-state index is 12.7. The van der Waals surface area contributed by atoms with Gasteiger partial charge in [0.05, 0.1) is 17.8 Å². The zero-order chi connectivity index (χ0) is 22.7. The van der Waals surface area contributed by atoms with E-state index in [2.05, 4.69) is 5.32 Å². The van der Waals surface area contributed by atoms with Crippen molar-refractivity contribution in [2.75, 3.05) is 62.9 Å². The summed E-state index contributed by atoms with van der Waals surface area (Å²) in [6.45, 7) is 1.62. The van der Waals surface area contributed by atoms with E-state index in [0.29, 0.717) is 56.9 Å². The van der Waals surface area contributed by atoms with Gasteiger partial charge in [0.2, 0.25) is 0 Å². The molecular formula is C19H36F3NO4S3.